The molecule has 0 unspecified atom stereocenters. The average molecular weight is 595 g/mol. The Balaban J connectivity index is 1.46. The second kappa shape index (κ2) is 9.10. The van der Waals surface area contributed by atoms with Gasteiger partial charge in [0.1, 0.15) is 0 Å². The van der Waals surface area contributed by atoms with Crippen LogP contribution in [0.25, 0.3) is 65.3 Å². The van der Waals surface area contributed by atoms with Crippen LogP contribution in [0.5, 0.6) is 0 Å². The summed E-state index contributed by atoms with van der Waals surface area (Å²) in [5.41, 5.74) is 14.4. The van der Waals surface area contributed by atoms with Gasteiger partial charge in [-0.25, -0.2) is 0 Å². The summed E-state index contributed by atoms with van der Waals surface area (Å²) in [6.07, 6.45) is 0. The second-order valence-electron chi connectivity index (χ2n) is 15.7. The van der Waals surface area contributed by atoms with E-state index in [9.17, 15) is 0 Å². The Bertz CT molecular complexity index is 2290. The predicted octanol–water partition coefficient (Wildman–Crippen LogP) is 13.2. The van der Waals surface area contributed by atoms with Gasteiger partial charge in [0.05, 0.1) is 0 Å². The lowest BCUT2D eigenvalue weighted by Gasteiger charge is -2.27. The first-order valence-electron chi connectivity index (χ1n) is 17.2. The third-order valence-corrected chi connectivity index (χ3v) is 11.7. The normalized spacial score (nSPS) is 15.7. The zero-order chi connectivity index (χ0) is 31.9. The molecule has 9 rings (SSSR count). The second-order valence-corrected chi connectivity index (χ2v) is 15.7. The molecule has 2 aliphatic rings. The van der Waals surface area contributed by atoms with E-state index in [1.807, 2.05) is 0 Å². The molecule has 0 amide bonds. The van der Waals surface area contributed by atoms with Crippen molar-refractivity contribution in [2.45, 2.75) is 78.1 Å². The molecule has 46 heavy (non-hydrogen) atoms. The highest BCUT2D eigenvalue weighted by atomic mass is 14.4. The molecule has 226 valence electrons. The highest BCUT2D eigenvalue weighted by Crippen LogP contribution is 2.57. The van der Waals surface area contributed by atoms with Crippen LogP contribution >= 0.6 is 0 Å². The van der Waals surface area contributed by atoms with E-state index in [0.717, 1.165) is 0 Å². The Morgan fingerprint density at radius 2 is 0.783 bits per heavy atom. The van der Waals surface area contributed by atoms with Crippen LogP contribution in [0.1, 0.15) is 101 Å². The van der Waals surface area contributed by atoms with Crippen molar-refractivity contribution >= 4 is 43.1 Å². The maximum Gasteiger partial charge on any atom is 0.0159 e. The van der Waals surface area contributed by atoms with E-state index in [4.69, 9.17) is 0 Å². The fourth-order valence-corrected chi connectivity index (χ4v) is 9.53. The molecule has 0 N–H and O–H groups in total. The van der Waals surface area contributed by atoms with Crippen LogP contribution < -0.4 is 0 Å². The van der Waals surface area contributed by atoms with E-state index in [0.29, 0.717) is 11.8 Å². The van der Waals surface area contributed by atoms with Crippen LogP contribution in [-0.4, -0.2) is 0 Å². The SMILES string of the molecule is CC(C)c1c(C(C)C)c2cc3c(cc2c2cc4c(cc12)-c1c(ccc2ccccc12)C4(C)C)C(C)(C)c1ccc2ccccc2c1-3. The van der Waals surface area contributed by atoms with Crippen LogP contribution in [0.3, 0.4) is 0 Å². The Kier molecular flexibility index (Phi) is 5.51. The molecular formula is C46H42. The summed E-state index contributed by atoms with van der Waals surface area (Å²) < 4.78 is 0. The van der Waals surface area contributed by atoms with Gasteiger partial charge in [-0.3, -0.25) is 0 Å². The van der Waals surface area contributed by atoms with Gasteiger partial charge in [0.25, 0.3) is 0 Å². The minimum Gasteiger partial charge on any atom is -0.0616 e. The van der Waals surface area contributed by atoms with E-state index in [1.54, 1.807) is 0 Å². The molecule has 0 saturated heterocycles. The predicted molar refractivity (Wildman–Crippen MR) is 200 cm³/mol. The molecule has 7 aromatic rings. The first-order valence-corrected chi connectivity index (χ1v) is 17.2. The molecule has 0 nitrogen and oxygen atoms in total. The van der Waals surface area contributed by atoms with Crippen molar-refractivity contribution < 1.29 is 0 Å². The quantitative estimate of drug-likeness (QED) is 0.175. The van der Waals surface area contributed by atoms with Gasteiger partial charge in [-0.15, -0.1) is 0 Å². The first kappa shape index (κ1) is 27.9. The Morgan fingerprint density at radius 3 is 1.17 bits per heavy atom. The van der Waals surface area contributed by atoms with Crippen LogP contribution in [0.2, 0.25) is 0 Å². The summed E-state index contributed by atoms with van der Waals surface area (Å²) in [5, 5.41) is 11.1. The lowest BCUT2D eigenvalue weighted by molar-refractivity contribution is 0.661. The van der Waals surface area contributed by atoms with Crippen LogP contribution in [0, 0.1) is 0 Å². The number of rotatable bonds is 2. The minimum absolute atomic E-state index is 0.0743. The van der Waals surface area contributed by atoms with E-state index in [-0.39, 0.29) is 10.8 Å². The third-order valence-electron chi connectivity index (χ3n) is 11.7. The zero-order valence-electron chi connectivity index (χ0n) is 28.4. The van der Waals surface area contributed by atoms with Crippen molar-refractivity contribution in [1.29, 1.82) is 0 Å². The van der Waals surface area contributed by atoms with Gasteiger partial charge in [0.2, 0.25) is 0 Å². The van der Waals surface area contributed by atoms with Gasteiger partial charge >= 0.3 is 0 Å². The molecule has 0 spiro atoms. The fraction of sp³-hybridized carbons (Fsp3) is 0.261. The maximum absolute atomic E-state index is 2.59. The van der Waals surface area contributed by atoms with Gasteiger partial charge < -0.3 is 0 Å². The average Bonchev–Trinajstić information content (AvgIpc) is 3.41. The summed E-state index contributed by atoms with van der Waals surface area (Å²) in [6.45, 7) is 19.3. The smallest absolute Gasteiger partial charge is 0.0159 e. The monoisotopic (exact) mass is 594 g/mol. The number of benzene rings is 7. The Labute approximate surface area is 273 Å². The van der Waals surface area contributed by atoms with E-state index < -0.39 is 0 Å². The Hall–Kier alpha value is -4.42. The minimum atomic E-state index is -0.0743. The highest BCUT2D eigenvalue weighted by molar-refractivity contribution is 6.17. The number of fused-ring (bicyclic) bond motifs is 13. The summed E-state index contributed by atoms with van der Waals surface area (Å²) in [5.74, 6) is 0.808. The van der Waals surface area contributed by atoms with Crippen molar-refractivity contribution in [2.24, 2.45) is 0 Å². The molecule has 0 bridgehead atoms. The van der Waals surface area contributed by atoms with E-state index >= 15 is 0 Å². The van der Waals surface area contributed by atoms with Gasteiger partial charge in [0, 0.05) is 10.8 Å². The Morgan fingerprint density at radius 1 is 0.391 bits per heavy atom. The summed E-state index contributed by atoms with van der Waals surface area (Å²) in [6, 6.07) is 37.7. The lowest BCUT2D eigenvalue weighted by atomic mass is 9.77. The molecular weight excluding hydrogens is 553 g/mol. The van der Waals surface area contributed by atoms with Gasteiger partial charge in [0.15, 0.2) is 0 Å². The van der Waals surface area contributed by atoms with Crippen molar-refractivity contribution in [3.63, 3.8) is 0 Å². The van der Waals surface area contributed by atoms with Crippen LogP contribution in [0.15, 0.2) is 97.1 Å². The lowest BCUT2D eigenvalue weighted by Crippen LogP contribution is -2.15. The third kappa shape index (κ3) is 3.40. The van der Waals surface area contributed by atoms with Crippen molar-refractivity contribution in [3.8, 4) is 22.3 Å². The summed E-state index contributed by atoms with van der Waals surface area (Å²) in [4.78, 5) is 0. The molecule has 0 heterocycles. The molecule has 0 fully saturated rings. The first-order chi connectivity index (χ1) is 22.0. The maximum atomic E-state index is 2.59. The highest BCUT2D eigenvalue weighted by Gasteiger charge is 2.39. The van der Waals surface area contributed by atoms with Gasteiger partial charge in [-0.05, 0) is 135 Å². The molecule has 0 saturated carbocycles. The summed E-state index contributed by atoms with van der Waals surface area (Å²) in [7, 11) is 0. The molecule has 0 aromatic heterocycles. The molecule has 0 heteroatoms. The molecule has 0 radical (unpaired) electrons. The van der Waals surface area contributed by atoms with Gasteiger partial charge in [-0.2, -0.15) is 0 Å². The number of hydrogen-bond acceptors (Lipinski definition) is 0. The van der Waals surface area contributed by atoms with E-state index in [2.05, 4.69) is 152 Å². The van der Waals surface area contributed by atoms with Gasteiger partial charge in [-0.1, -0.05) is 128 Å². The fourth-order valence-electron chi connectivity index (χ4n) is 9.53. The molecule has 7 aromatic carbocycles. The standard InChI is InChI=1S/C46H42/c1-25(2)41-33-21-35-39(45(5,6)37-19-17-27-13-9-11-15-29(27)43(35)37)23-31(33)32-24-40-36(22-34(32)42(41)26(3)4)44-30-16-12-10-14-28(30)18-20-38(44)46(40,7)8/h9-26H,1-8H3. The van der Waals surface area contributed by atoms with E-state index in [1.165, 1.54) is 98.7 Å². The molecule has 2 aliphatic carbocycles. The van der Waals surface area contributed by atoms with Crippen LogP contribution in [0.4, 0.5) is 0 Å². The summed E-state index contributed by atoms with van der Waals surface area (Å²) >= 11 is 0. The zero-order valence-corrected chi connectivity index (χ0v) is 28.4. The van der Waals surface area contributed by atoms with Crippen molar-refractivity contribution in [1.82, 2.24) is 0 Å². The van der Waals surface area contributed by atoms with Crippen molar-refractivity contribution in [2.75, 3.05) is 0 Å². The number of hydrogen-bond donors (Lipinski definition) is 0. The molecule has 0 aliphatic heterocycles. The largest absolute Gasteiger partial charge is 0.0616 e. The topological polar surface area (TPSA) is 0 Å². The van der Waals surface area contributed by atoms with Crippen molar-refractivity contribution in [3.05, 3.63) is 130 Å². The van der Waals surface area contributed by atoms with Crippen LogP contribution in [-0.2, 0) is 10.8 Å². The molecule has 0 atom stereocenters.